The second-order valence-corrected chi connectivity index (χ2v) is 4.88. The summed E-state index contributed by atoms with van der Waals surface area (Å²) in [5.74, 6) is 0.150. The number of phenols is 2. The SMILES string of the molecule is CC/C(O)=C\c1c(/C=C/OC)ncnc1Nc1ccc(O)c(O)c1. The second-order valence-electron chi connectivity index (χ2n) is 4.88. The topological polar surface area (TPSA) is 108 Å². The zero-order valence-corrected chi connectivity index (χ0v) is 13.4. The lowest BCUT2D eigenvalue weighted by Gasteiger charge is -2.11. The molecular weight excluding hydrogens is 310 g/mol. The van der Waals surface area contributed by atoms with E-state index in [1.807, 2.05) is 6.92 Å². The molecule has 0 fully saturated rings. The average Bonchev–Trinajstić information content (AvgIpc) is 2.58. The highest BCUT2D eigenvalue weighted by Gasteiger charge is 2.10. The summed E-state index contributed by atoms with van der Waals surface area (Å²) in [4.78, 5) is 8.36. The summed E-state index contributed by atoms with van der Waals surface area (Å²) in [5, 5.41) is 31.9. The summed E-state index contributed by atoms with van der Waals surface area (Å²) < 4.78 is 4.91. The van der Waals surface area contributed by atoms with Crippen LogP contribution in [-0.4, -0.2) is 32.4 Å². The number of aliphatic hydroxyl groups is 1. The lowest BCUT2D eigenvalue weighted by Crippen LogP contribution is -2.01. The summed E-state index contributed by atoms with van der Waals surface area (Å²) in [6.07, 6.45) is 6.52. The number of phenolic OH excluding ortho intramolecular Hbond substituents is 2. The van der Waals surface area contributed by atoms with Crippen LogP contribution in [0.5, 0.6) is 11.5 Å². The van der Waals surface area contributed by atoms with Crippen LogP contribution < -0.4 is 5.32 Å². The molecule has 0 saturated carbocycles. The van der Waals surface area contributed by atoms with Gasteiger partial charge < -0.3 is 25.4 Å². The van der Waals surface area contributed by atoms with Crippen LogP contribution in [0.25, 0.3) is 12.2 Å². The molecule has 0 bridgehead atoms. The number of aliphatic hydroxyl groups excluding tert-OH is 1. The van der Waals surface area contributed by atoms with E-state index in [0.717, 1.165) is 0 Å². The largest absolute Gasteiger partial charge is 0.512 e. The van der Waals surface area contributed by atoms with Gasteiger partial charge in [0.05, 0.1) is 24.8 Å². The van der Waals surface area contributed by atoms with E-state index in [2.05, 4.69) is 15.3 Å². The normalized spacial score (nSPS) is 11.7. The molecule has 0 saturated heterocycles. The maximum absolute atomic E-state index is 9.88. The Morgan fingerprint density at radius 3 is 2.71 bits per heavy atom. The van der Waals surface area contributed by atoms with Crippen molar-refractivity contribution >= 4 is 23.7 Å². The van der Waals surface area contributed by atoms with Crippen LogP contribution in [0.4, 0.5) is 11.5 Å². The van der Waals surface area contributed by atoms with E-state index in [-0.39, 0.29) is 17.3 Å². The Kier molecular flexibility index (Phi) is 5.62. The Morgan fingerprint density at radius 1 is 1.25 bits per heavy atom. The fourth-order valence-electron chi connectivity index (χ4n) is 1.92. The van der Waals surface area contributed by atoms with Gasteiger partial charge in [-0.05, 0) is 24.3 Å². The van der Waals surface area contributed by atoms with Crippen LogP contribution in [0.15, 0.2) is 36.5 Å². The van der Waals surface area contributed by atoms with Crippen molar-refractivity contribution in [1.82, 2.24) is 9.97 Å². The van der Waals surface area contributed by atoms with Crippen LogP contribution in [0.3, 0.4) is 0 Å². The van der Waals surface area contributed by atoms with Gasteiger partial charge in [-0.2, -0.15) is 0 Å². The van der Waals surface area contributed by atoms with E-state index in [0.29, 0.717) is 29.2 Å². The molecule has 1 aromatic carbocycles. The molecule has 1 heterocycles. The van der Waals surface area contributed by atoms with Crippen LogP contribution in [-0.2, 0) is 4.74 Å². The zero-order chi connectivity index (χ0) is 17.5. The number of ether oxygens (including phenoxy) is 1. The molecule has 2 aromatic rings. The number of benzene rings is 1. The van der Waals surface area contributed by atoms with E-state index >= 15 is 0 Å². The lowest BCUT2D eigenvalue weighted by atomic mass is 10.1. The third-order valence-electron chi connectivity index (χ3n) is 3.19. The van der Waals surface area contributed by atoms with E-state index in [1.165, 1.54) is 31.8 Å². The van der Waals surface area contributed by atoms with E-state index in [1.54, 1.807) is 18.2 Å². The zero-order valence-electron chi connectivity index (χ0n) is 13.4. The minimum absolute atomic E-state index is 0.175. The molecule has 1 aromatic heterocycles. The Hall–Kier alpha value is -3.22. The number of nitrogens with zero attached hydrogens (tertiary/aromatic N) is 2. The fourth-order valence-corrected chi connectivity index (χ4v) is 1.92. The molecule has 24 heavy (non-hydrogen) atoms. The first kappa shape index (κ1) is 17.1. The van der Waals surface area contributed by atoms with Crippen molar-refractivity contribution in [1.29, 1.82) is 0 Å². The molecule has 0 radical (unpaired) electrons. The van der Waals surface area contributed by atoms with Crippen molar-refractivity contribution in [3.05, 3.63) is 47.8 Å². The summed E-state index contributed by atoms with van der Waals surface area (Å²) >= 11 is 0. The van der Waals surface area contributed by atoms with Crippen molar-refractivity contribution in [3.8, 4) is 11.5 Å². The minimum atomic E-state index is -0.248. The summed E-state index contributed by atoms with van der Waals surface area (Å²) in [7, 11) is 1.52. The van der Waals surface area contributed by atoms with Crippen molar-refractivity contribution in [2.75, 3.05) is 12.4 Å². The molecule has 0 spiro atoms. The molecule has 0 aliphatic rings. The maximum atomic E-state index is 9.88. The summed E-state index contributed by atoms with van der Waals surface area (Å²) in [6, 6.07) is 4.33. The van der Waals surface area contributed by atoms with Gasteiger partial charge in [0.2, 0.25) is 0 Å². The first-order valence-corrected chi connectivity index (χ1v) is 7.28. The summed E-state index contributed by atoms with van der Waals surface area (Å²) in [6.45, 7) is 1.82. The van der Waals surface area contributed by atoms with Crippen molar-refractivity contribution in [2.45, 2.75) is 13.3 Å². The number of aromatic nitrogens is 2. The minimum Gasteiger partial charge on any atom is -0.512 e. The van der Waals surface area contributed by atoms with Crippen molar-refractivity contribution < 1.29 is 20.1 Å². The van der Waals surface area contributed by atoms with Crippen LogP contribution >= 0.6 is 0 Å². The highest BCUT2D eigenvalue weighted by Crippen LogP contribution is 2.30. The number of hydrogen-bond acceptors (Lipinski definition) is 7. The van der Waals surface area contributed by atoms with E-state index < -0.39 is 0 Å². The molecule has 2 rings (SSSR count). The van der Waals surface area contributed by atoms with Gasteiger partial charge in [0.1, 0.15) is 12.1 Å². The average molecular weight is 329 g/mol. The quantitative estimate of drug-likeness (QED) is 0.364. The number of aromatic hydroxyl groups is 2. The first-order valence-electron chi connectivity index (χ1n) is 7.28. The molecule has 7 heteroatoms. The molecule has 0 atom stereocenters. The van der Waals surface area contributed by atoms with Gasteiger partial charge in [-0.3, -0.25) is 0 Å². The third-order valence-corrected chi connectivity index (χ3v) is 3.19. The smallest absolute Gasteiger partial charge is 0.159 e. The predicted molar refractivity (Wildman–Crippen MR) is 92.0 cm³/mol. The second kappa shape index (κ2) is 7.87. The molecule has 0 aliphatic carbocycles. The number of anilines is 2. The molecule has 7 nitrogen and oxygen atoms in total. The van der Waals surface area contributed by atoms with Crippen molar-refractivity contribution in [2.24, 2.45) is 0 Å². The molecule has 126 valence electrons. The van der Waals surface area contributed by atoms with Gasteiger partial charge in [0.25, 0.3) is 0 Å². The van der Waals surface area contributed by atoms with Crippen LogP contribution in [0, 0.1) is 0 Å². The van der Waals surface area contributed by atoms with E-state index in [9.17, 15) is 15.3 Å². The highest BCUT2D eigenvalue weighted by atomic mass is 16.5. The number of allylic oxidation sites excluding steroid dienone is 1. The Labute approximate surface area is 139 Å². The first-order chi connectivity index (χ1) is 11.5. The van der Waals surface area contributed by atoms with Gasteiger partial charge in [0.15, 0.2) is 11.5 Å². The molecule has 0 amide bonds. The monoisotopic (exact) mass is 329 g/mol. The highest BCUT2D eigenvalue weighted by molar-refractivity contribution is 5.75. The van der Waals surface area contributed by atoms with Crippen LogP contribution in [0.1, 0.15) is 24.6 Å². The number of rotatable bonds is 6. The van der Waals surface area contributed by atoms with Gasteiger partial charge in [-0.1, -0.05) is 6.92 Å². The van der Waals surface area contributed by atoms with E-state index in [4.69, 9.17) is 4.74 Å². The molecule has 4 N–H and O–H groups in total. The fraction of sp³-hybridized carbons (Fsp3) is 0.176. The molecule has 0 unspecified atom stereocenters. The Bertz CT molecular complexity index is 772. The number of hydrogen-bond donors (Lipinski definition) is 4. The van der Waals surface area contributed by atoms with Gasteiger partial charge in [-0.15, -0.1) is 0 Å². The summed E-state index contributed by atoms with van der Waals surface area (Å²) in [5.41, 5.74) is 1.64. The van der Waals surface area contributed by atoms with Crippen molar-refractivity contribution in [3.63, 3.8) is 0 Å². The van der Waals surface area contributed by atoms with Gasteiger partial charge >= 0.3 is 0 Å². The Balaban J connectivity index is 2.47. The lowest BCUT2D eigenvalue weighted by molar-refractivity contribution is 0.341. The maximum Gasteiger partial charge on any atom is 0.159 e. The standard InChI is InChI=1S/C17H19N3O4/c1-3-12(21)9-13-14(6-7-24-2)18-10-19-17(13)20-11-4-5-15(22)16(23)8-11/h4-10,21-23H,3H2,1-2H3,(H,18,19,20)/b7-6+,12-9+. The number of nitrogens with one attached hydrogen (secondary N) is 1. The van der Waals surface area contributed by atoms with Gasteiger partial charge in [-0.25, -0.2) is 9.97 Å². The third kappa shape index (κ3) is 4.16. The Morgan fingerprint density at radius 2 is 2.04 bits per heavy atom. The molecule has 0 aliphatic heterocycles. The molecular formula is C17H19N3O4. The van der Waals surface area contributed by atoms with Gasteiger partial charge in [0, 0.05) is 23.7 Å². The number of methoxy groups -OCH3 is 1. The predicted octanol–water partition coefficient (Wildman–Crippen LogP) is 3.56. The van der Waals surface area contributed by atoms with Crippen LogP contribution in [0.2, 0.25) is 0 Å².